The number of hydrogen-bond donors (Lipinski definition) is 0. The lowest BCUT2D eigenvalue weighted by Crippen LogP contribution is -2.23. The molecular formula is C23H15IN4O5. The molecule has 4 rings (SSSR count). The molecule has 0 saturated heterocycles. The number of rotatable bonds is 5. The normalized spacial score (nSPS) is 11.2. The second-order valence-electron chi connectivity index (χ2n) is 7.18. The molecule has 0 radical (unpaired) electrons. The number of nitro benzene ring substituents is 2. The van der Waals surface area contributed by atoms with Crippen LogP contribution in [0.3, 0.4) is 0 Å². The Morgan fingerprint density at radius 2 is 1.58 bits per heavy atom. The third-order valence-electron chi connectivity index (χ3n) is 5.03. The van der Waals surface area contributed by atoms with Gasteiger partial charge in [0.2, 0.25) is 0 Å². The number of halogens is 1. The number of fused-ring (bicyclic) bond motifs is 1. The summed E-state index contributed by atoms with van der Waals surface area (Å²) in [5.41, 5.74) is 1.64. The van der Waals surface area contributed by atoms with Gasteiger partial charge in [-0.3, -0.25) is 29.6 Å². The van der Waals surface area contributed by atoms with Crippen LogP contribution in [0.15, 0.2) is 65.5 Å². The standard InChI is InChI=1S/C23H15IN4O5/c1-14-2-7-18(28(32)33)13-21(14)26-22(11-5-15-3-8-17(9-4-15)27(30)31)25-20-10-6-16(24)12-19(20)23(26)29/h2-13H,1H3/b11-5+. The SMILES string of the molecule is Cc1ccc([N+](=O)[O-])cc1-n1c(/C=C/c2ccc([N+](=O)[O-])cc2)nc2ccc(I)cc2c1=O. The smallest absolute Gasteiger partial charge is 0.268 e. The molecule has 33 heavy (non-hydrogen) atoms. The maximum absolute atomic E-state index is 13.5. The average Bonchev–Trinajstić information content (AvgIpc) is 2.79. The van der Waals surface area contributed by atoms with Gasteiger partial charge in [-0.05, 0) is 77.0 Å². The van der Waals surface area contributed by atoms with Crippen molar-refractivity contribution in [3.05, 3.63) is 112 Å². The minimum Gasteiger partial charge on any atom is -0.268 e. The van der Waals surface area contributed by atoms with E-state index >= 15 is 0 Å². The van der Waals surface area contributed by atoms with Gasteiger partial charge in [0.05, 0.1) is 26.4 Å². The van der Waals surface area contributed by atoms with E-state index in [4.69, 9.17) is 0 Å². The quantitative estimate of drug-likeness (QED) is 0.188. The Bertz CT molecular complexity index is 1510. The van der Waals surface area contributed by atoms with Gasteiger partial charge in [0.25, 0.3) is 16.9 Å². The summed E-state index contributed by atoms with van der Waals surface area (Å²) >= 11 is 2.10. The van der Waals surface area contributed by atoms with E-state index in [2.05, 4.69) is 27.6 Å². The summed E-state index contributed by atoms with van der Waals surface area (Å²) in [5.74, 6) is 0.274. The molecule has 1 aromatic heterocycles. The molecule has 0 spiro atoms. The molecule has 1 heterocycles. The molecule has 0 atom stereocenters. The van der Waals surface area contributed by atoms with Gasteiger partial charge in [0, 0.05) is 27.8 Å². The highest BCUT2D eigenvalue weighted by Gasteiger charge is 2.16. The van der Waals surface area contributed by atoms with Crippen LogP contribution in [0, 0.1) is 30.7 Å². The van der Waals surface area contributed by atoms with E-state index in [1.807, 2.05) is 6.07 Å². The topological polar surface area (TPSA) is 121 Å². The predicted molar refractivity (Wildman–Crippen MR) is 133 cm³/mol. The molecule has 0 aliphatic rings. The summed E-state index contributed by atoms with van der Waals surface area (Å²) in [5, 5.41) is 22.6. The molecule has 0 bridgehead atoms. The van der Waals surface area contributed by atoms with Gasteiger partial charge in [0.1, 0.15) is 5.82 Å². The molecule has 10 heteroatoms. The number of hydrogen-bond acceptors (Lipinski definition) is 6. The zero-order valence-electron chi connectivity index (χ0n) is 17.1. The van der Waals surface area contributed by atoms with E-state index in [-0.39, 0.29) is 22.8 Å². The summed E-state index contributed by atoms with van der Waals surface area (Å²) in [6.45, 7) is 1.76. The Kier molecular flexibility index (Phi) is 6.01. The second-order valence-corrected chi connectivity index (χ2v) is 8.43. The average molecular weight is 554 g/mol. The van der Waals surface area contributed by atoms with Gasteiger partial charge in [-0.15, -0.1) is 0 Å². The van der Waals surface area contributed by atoms with Crippen LogP contribution in [0.25, 0.3) is 28.7 Å². The van der Waals surface area contributed by atoms with Crippen molar-refractivity contribution < 1.29 is 9.85 Å². The number of nitrogens with zero attached hydrogens (tertiary/aromatic N) is 4. The molecular weight excluding hydrogens is 539 g/mol. The Balaban J connectivity index is 1.95. The highest BCUT2D eigenvalue weighted by atomic mass is 127. The number of aryl methyl sites for hydroxylation is 1. The number of non-ortho nitro benzene ring substituents is 2. The van der Waals surface area contributed by atoms with Crippen molar-refractivity contribution in [3.8, 4) is 5.69 Å². The first-order chi connectivity index (χ1) is 15.7. The third-order valence-corrected chi connectivity index (χ3v) is 5.70. The zero-order valence-corrected chi connectivity index (χ0v) is 19.3. The minimum atomic E-state index is -0.516. The highest BCUT2D eigenvalue weighted by Crippen LogP contribution is 2.24. The van der Waals surface area contributed by atoms with E-state index in [9.17, 15) is 25.0 Å². The molecule has 0 unspecified atom stereocenters. The van der Waals surface area contributed by atoms with Crippen LogP contribution in [0.2, 0.25) is 0 Å². The number of aromatic nitrogens is 2. The first-order valence-electron chi connectivity index (χ1n) is 9.65. The Morgan fingerprint density at radius 1 is 0.909 bits per heavy atom. The minimum absolute atomic E-state index is 0.0327. The number of benzene rings is 3. The Hall–Kier alpha value is -3.93. The monoisotopic (exact) mass is 554 g/mol. The van der Waals surface area contributed by atoms with Crippen LogP contribution in [0.1, 0.15) is 17.0 Å². The summed E-state index contributed by atoms with van der Waals surface area (Å²) < 4.78 is 2.21. The van der Waals surface area contributed by atoms with Gasteiger partial charge in [-0.2, -0.15) is 0 Å². The lowest BCUT2D eigenvalue weighted by atomic mass is 10.1. The second kappa shape index (κ2) is 8.90. The van der Waals surface area contributed by atoms with Crippen LogP contribution < -0.4 is 5.56 Å². The van der Waals surface area contributed by atoms with Crippen molar-refractivity contribution in [2.45, 2.75) is 6.92 Å². The summed E-state index contributed by atoms with van der Waals surface area (Å²) in [6.07, 6.45) is 3.28. The maximum Gasteiger partial charge on any atom is 0.271 e. The van der Waals surface area contributed by atoms with Gasteiger partial charge >= 0.3 is 0 Å². The van der Waals surface area contributed by atoms with Crippen LogP contribution >= 0.6 is 22.6 Å². The third kappa shape index (κ3) is 4.51. The Morgan fingerprint density at radius 3 is 2.24 bits per heavy atom. The van der Waals surface area contributed by atoms with Crippen LogP contribution in [0.5, 0.6) is 0 Å². The van der Waals surface area contributed by atoms with Gasteiger partial charge in [-0.1, -0.05) is 12.1 Å². The lowest BCUT2D eigenvalue weighted by Gasteiger charge is -2.14. The van der Waals surface area contributed by atoms with E-state index in [1.54, 1.807) is 49.4 Å². The van der Waals surface area contributed by atoms with Crippen molar-refractivity contribution in [2.24, 2.45) is 0 Å². The molecule has 0 aliphatic heterocycles. The molecule has 0 N–H and O–H groups in total. The lowest BCUT2D eigenvalue weighted by molar-refractivity contribution is -0.385. The van der Waals surface area contributed by atoms with Gasteiger partial charge in [-0.25, -0.2) is 4.98 Å². The van der Waals surface area contributed by atoms with Gasteiger partial charge < -0.3 is 0 Å². The summed E-state index contributed by atoms with van der Waals surface area (Å²) in [4.78, 5) is 39.4. The maximum atomic E-state index is 13.5. The van der Waals surface area contributed by atoms with Crippen molar-refractivity contribution in [1.29, 1.82) is 0 Å². The molecule has 9 nitrogen and oxygen atoms in total. The molecule has 0 saturated carbocycles. The molecule has 0 amide bonds. The number of nitro groups is 2. The zero-order chi connectivity index (χ0) is 23.7. The molecule has 3 aromatic carbocycles. The Labute approximate surface area is 200 Å². The van der Waals surface area contributed by atoms with E-state index in [0.717, 1.165) is 3.57 Å². The van der Waals surface area contributed by atoms with Crippen LogP contribution in [-0.4, -0.2) is 19.4 Å². The van der Waals surface area contributed by atoms with Crippen molar-refractivity contribution in [2.75, 3.05) is 0 Å². The van der Waals surface area contributed by atoms with E-state index in [0.29, 0.717) is 27.7 Å². The predicted octanol–water partition coefficient (Wildman–Crippen LogP) is 5.29. The first kappa shape index (κ1) is 22.3. The van der Waals surface area contributed by atoms with Crippen molar-refractivity contribution in [1.82, 2.24) is 9.55 Å². The first-order valence-corrected chi connectivity index (χ1v) is 10.7. The van der Waals surface area contributed by atoms with Crippen LogP contribution in [-0.2, 0) is 0 Å². The molecule has 0 aliphatic carbocycles. The van der Waals surface area contributed by atoms with Crippen molar-refractivity contribution >= 4 is 57.0 Å². The fourth-order valence-electron chi connectivity index (χ4n) is 3.35. The van der Waals surface area contributed by atoms with Crippen molar-refractivity contribution in [3.63, 3.8) is 0 Å². The van der Waals surface area contributed by atoms with Crippen LogP contribution in [0.4, 0.5) is 11.4 Å². The summed E-state index contributed by atoms with van der Waals surface area (Å²) in [6, 6.07) is 15.5. The van der Waals surface area contributed by atoms with E-state index < -0.39 is 9.85 Å². The van der Waals surface area contributed by atoms with Gasteiger partial charge in [0.15, 0.2) is 0 Å². The molecule has 0 fully saturated rings. The fourth-order valence-corrected chi connectivity index (χ4v) is 3.84. The fraction of sp³-hybridized carbons (Fsp3) is 0.0435. The summed E-state index contributed by atoms with van der Waals surface area (Å²) in [7, 11) is 0. The largest absolute Gasteiger partial charge is 0.271 e. The molecule has 4 aromatic rings. The van der Waals surface area contributed by atoms with E-state index in [1.165, 1.54) is 28.8 Å². The highest BCUT2D eigenvalue weighted by molar-refractivity contribution is 14.1. The molecule has 164 valence electrons.